The number of hydrogen-bond acceptors (Lipinski definition) is 25. The van der Waals surface area contributed by atoms with Crippen LogP contribution in [0.4, 0.5) is 0 Å². The molecule has 0 saturated heterocycles. The van der Waals surface area contributed by atoms with Gasteiger partial charge in [0.15, 0.2) is 29.2 Å². The van der Waals surface area contributed by atoms with Crippen LogP contribution >= 0.6 is 57.5 Å². The average molecular weight is 1130 g/mol. The van der Waals surface area contributed by atoms with Crippen LogP contribution in [0, 0.1) is 173 Å². The van der Waals surface area contributed by atoms with Crippen molar-refractivity contribution in [3.63, 3.8) is 0 Å². The summed E-state index contributed by atoms with van der Waals surface area (Å²) in [6, 6.07) is 0. The van der Waals surface area contributed by atoms with Gasteiger partial charge >= 0.3 is 0 Å². The third-order valence-electron chi connectivity index (χ3n) is 10.1. The van der Waals surface area contributed by atoms with Gasteiger partial charge in [-0.1, -0.05) is 8.98 Å². The molecule has 10 heterocycles. The van der Waals surface area contributed by atoms with Crippen LogP contribution in [0.15, 0.2) is 22.3 Å². The normalized spacial score (nSPS) is 9.67. The van der Waals surface area contributed by atoms with Gasteiger partial charge in [-0.15, -0.1) is 43.1 Å². The van der Waals surface area contributed by atoms with Crippen molar-refractivity contribution in [2.45, 2.75) is 173 Å². The van der Waals surface area contributed by atoms with E-state index in [2.05, 4.69) is 96.5 Å². The molecule has 20 nitrogen and oxygen atoms in total. The predicted molar refractivity (Wildman–Crippen MR) is 300 cm³/mol. The Kier molecular flexibility index (Phi) is 30.7. The van der Waals surface area contributed by atoms with Crippen LogP contribution in [0.1, 0.15) is 139 Å². The highest BCUT2D eigenvalue weighted by atomic mass is 32.1. The summed E-state index contributed by atoms with van der Waals surface area (Å²) in [4.78, 5) is 25.7. The molecule has 0 spiro atoms. The molecule has 0 radical (unpaired) electrons. The van der Waals surface area contributed by atoms with Gasteiger partial charge in [-0.05, 0) is 175 Å². The molecule has 0 N–H and O–H groups in total. The Morgan fingerprint density at radius 1 is 0.280 bits per heavy atom. The van der Waals surface area contributed by atoms with Crippen LogP contribution in [0.5, 0.6) is 0 Å². The number of nitrogens with zero attached hydrogens (tertiary/aromatic N) is 15. The van der Waals surface area contributed by atoms with Crippen LogP contribution in [-0.2, 0) is 0 Å². The Bertz CT molecular complexity index is 2470. The summed E-state index contributed by atoms with van der Waals surface area (Å²) in [7, 11) is 0. The molecule has 75 heavy (non-hydrogen) atoms. The van der Waals surface area contributed by atoms with Gasteiger partial charge in [0, 0.05) is 50.8 Å². The summed E-state index contributed by atoms with van der Waals surface area (Å²) in [6.07, 6.45) is 0. The van der Waals surface area contributed by atoms with Gasteiger partial charge in [-0.3, -0.25) is 0 Å². The Balaban J connectivity index is 0.000000417. The van der Waals surface area contributed by atoms with E-state index < -0.39 is 0 Å². The van der Waals surface area contributed by atoms with E-state index >= 15 is 0 Å². The largest absolute Gasteiger partial charge is 0.446 e. The Hall–Kier alpha value is -6.15. The Morgan fingerprint density at radius 3 is 0.653 bits per heavy atom. The van der Waals surface area contributed by atoms with Gasteiger partial charge in [0.1, 0.15) is 28.7 Å². The molecule has 10 aromatic heterocycles. The molecule has 0 aromatic carbocycles. The Labute approximate surface area is 462 Å². The molecule has 0 unspecified atom stereocenters. The molecule has 10 aromatic rings. The maximum absolute atomic E-state index is 5.10. The van der Waals surface area contributed by atoms with Crippen molar-refractivity contribution < 1.29 is 22.3 Å². The highest BCUT2D eigenvalue weighted by Gasteiger charge is 2.01. The summed E-state index contributed by atoms with van der Waals surface area (Å²) in [6.45, 7) is 48.6. The molecule has 0 amide bonds. The first-order chi connectivity index (χ1) is 35.0. The molecule has 0 bridgehead atoms. The lowest BCUT2D eigenvalue weighted by molar-refractivity contribution is 0.373. The third kappa shape index (κ3) is 27.3. The smallest absolute Gasteiger partial charge is 0.191 e. The number of hydrogen-bond donors (Lipinski definition) is 0. The standard InChI is InChI=1S/3C6H9NO.2C6H9NS.2C4H6N2O.3C4H6N2S/c5*1-4-5(2)8-6(3)7-4;4*1-3-4(2)7-6-5-3;1-3-4(2)6-7-5-3/h5*1-3H3;5*1-2H3. The number of aryl methyl sites for hydroxylation is 25. The van der Waals surface area contributed by atoms with Crippen molar-refractivity contribution in [2.24, 2.45) is 0 Å². The van der Waals surface area contributed by atoms with Crippen molar-refractivity contribution in [1.29, 1.82) is 0 Å². The fourth-order valence-electron chi connectivity index (χ4n) is 4.56. The number of oxazole rings is 3. The van der Waals surface area contributed by atoms with Crippen molar-refractivity contribution in [2.75, 3.05) is 0 Å². The van der Waals surface area contributed by atoms with Gasteiger partial charge in [0.25, 0.3) is 0 Å². The summed E-state index contributed by atoms with van der Waals surface area (Å²) >= 11 is 7.67. The van der Waals surface area contributed by atoms with E-state index in [1.165, 1.54) is 75.7 Å². The molecular formula is C50H75N15O5S5. The maximum atomic E-state index is 5.10. The number of aromatic nitrogens is 15. The minimum absolute atomic E-state index is 0.750. The van der Waals surface area contributed by atoms with Gasteiger partial charge < -0.3 is 22.3 Å². The predicted octanol–water partition coefficient (Wildman–Crippen LogP) is 13.8. The number of rotatable bonds is 0. The zero-order chi connectivity index (χ0) is 57.1. The summed E-state index contributed by atoms with van der Waals surface area (Å²) in [5, 5.41) is 23.7. The summed E-state index contributed by atoms with van der Waals surface area (Å²) in [5.74, 6) is 6.59. The second-order valence-electron chi connectivity index (χ2n) is 16.5. The van der Waals surface area contributed by atoms with Crippen molar-refractivity contribution in [1.82, 2.24) is 73.6 Å². The average Bonchev–Trinajstić information content (AvgIpc) is 4.26. The monoisotopic (exact) mass is 1130 g/mol. The third-order valence-corrected chi connectivity index (χ3v) is 14.2. The van der Waals surface area contributed by atoms with E-state index in [1.54, 1.807) is 22.7 Å². The lowest BCUT2D eigenvalue weighted by Crippen LogP contribution is -1.71. The van der Waals surface area contributed by atoms with Crippen LogP contribution in [0.25, 0.3) is 0 Å². The van der Waals surface area contributed by atoms with Gasteiger partial charge in [0.05, 0.1) is 73.0 Å². The molecule has 25 heteroatoms. The molecule has 0 atom stereocenters. The van der Waals surface area contributed by atoms with Crippen LogP contribution in [0.2, 0.25) is 0 Å². The van der Waals surface area contributed by atoms with E-state index in [-0.39, 0.29) is 0 Å². The fraction of sp³-hybridized carbons (Fsp3) is 0.500. The highest BCUT2D eigenvalue weighted by Crippen LogP contribution is 2.15. The van der Waals surface area contributed by atoms with Gasteiger partial charge in [0.2, 0.25) is 0 Å². The first-order valence-electron chi connectivity index (χ1n) is 23.3. The second-order valence-corrected chi connectivity index (χ2v) is 21.7. The molecule has 0 fully saturated rings. The zero-order valence-electron chi connectivity index (χ0n) is 48.3. The quantitative estimate of drug-likeness (QED) is 0.137. The van der Waals surface area contributed by atoms with Crippen LogP contribution in [-0.4, -0.2) is 73.6 Å². The van der Waals surface area contributed by atoms with Crippen molar-refractivity contribution >= 4 is 57.5 Å². The molecule has 410 valence electrons. The van der Waals surface area contributed by atoms with E-state index in [0.29, 0.717) is 0 Å². The molecule has 0 aliphatic heterocycles. The van der Waals surface area contributed by atoms with Gasteiger partial charge in [-0.2, -0.15) is 8.75 Å². The van der Waals surface area contributed by atoms with Gasteiger partial charge in [-0.25, -0.2) is 24.9 Å². The summed E-state index contributed by atoms with van der Waals surface area (Å²) < 4.78 is 39.8. The second kappa shape index (κ2) is 34.4. The lowest BCUT2D eigenvalue weighted by atomic mass is 10.4. The SMILES string of the molecule is Cc1nc(C)c(C)o1.Cc1nc(C)c(C)o1.Cc1nc(C)c(C)o1.Cc1nc(C)c(C)s1.Cc1nc(C)c(C)s1.Cc1nnoc1C.Cc1nnoc1C.Cc1nnsc1C.Cc1nnsc1C.Cc1nsnc1C. The molecular weight excluding hydrogens is 1050 g/mol. The first-order valence-corrected chi connectivity index (χ1v) is 27.2. The zero-order valence-corrected chi connectivity index (χ0v) is 52.4. The Morgan fingerprint density at radius 2 is 0.587 bits per heavy atom. The first kappa shape index (κ1) is 66.9. The van der Waals surface area contributed by atoms with E-state index in [4.69, 9.17) is 13.3 Å². The number of thiazole rings is 2. The van der Waals surface area contributed by atoms with Crippen LogP contribution in [0.3, 0.4) is 0 Å². The molecule has 0 saturated carbocycles. The van der Waals surface area contributed by atoms with E-state index in [0.717, 1.165) is 97.7 Å². The minimum Gasteiger partial charge on any atom is -0.446 e. The van der Waals surface area contributed by atoms with Crippen LogP contribution < -0.4 is 0 Å². The fourth-order valence-corrected chi connectivity index (χ4v) is 7.66. The van der Waals surface area contributed by atoms with E-state index in [9.17, 15) is 0 Å². The topological polar surface area (TPSA) is 259 Å². The maximum Gasteiger partial charge on any atom is 0.191 e. The summed E-state index contributed by atoms with van der Waals surface area (Å²) in [5.41, 5.74) is 11.2. The van der Waals surface area contributed by atoms with E-state index in [1.807, 2.05) is 159 Å². The van der Waals surface area contributed by atoms with Crippen molar-refractivity contribution in [3.05, 3.63) is 139 Å². The molecule has 0 aliphatic rings. The molecule has 10 rings (SSSR count). The van der Waals surface area contributed by atoms with Crippen molar-refractivity contribution in [3.8, 4) is 0 Å². The molecule has 0 aliphatic carbocycles. The minimum atomic E-state index is 0.750. The highest BCUT2D eigenvalue weighted by molar-refractivity contribution is 7.11. The lowest BCUT2D eigenvalue weighted by Gasteiger charge is -1.77.